The second-order valence-electron chi connectivity index (χ2n) is 9.20. The van der Waals surface area contributed by atoms with Gasteiger partial charge in [-0.1, -0.05) is 63.2 Å². The van der Waals surface area contributed by atoms with Gasteiger partial charge in [-0.15, -0.1) is 0 Å². The fourth-order valence-electron chi connectivity index (χ4n) is 4.16. The molecule has 1 atom stereocenters. The first kappa shape index (κ1) is 20.1. The summed E-state index contributed by atoms with van der Waals surface area (Å²) in [6.45, 7) is 8.35. The zero-order valence-corrected chi connectivity index (χ0v) is 17.9. The topological polar surface area (TPSA) is 69.7 Å². The van der Waals surface area contributed by atoms with Crippen LogP contribution in [0.5, 0.6) is 0 Å². The predicted molar refractivity (Wildman–Crippen MR) is 115 cm³/mol. The highest BCUT2D eigenvalue weighted by atomic mass is 16.2. The summed E-state index contributed by atoms with van der Waals surface area (Å²) in [6, 6.07) is 14.9. The van der Waals surface area contributed by atoms with Crippen LogP contribution in [0.25, 0.3) is 0 Å². The number of rotatable bonds is 3. The van der Waals surface area contributed by atoms with Gasteiger partial charge in [0.05, 0.1) is 0 Å². The van der Waals surface area contributed by atoms with Gasteiger partial charge in [-0.2, -0.15) is 0 Å². The molecule has 156 valence electrons. The average Bonchev–Trinajstić information content (AvgIpc) is 3.23. The molecule has 2 heterocycles. The number of hydrogen-bond acceptors (Lipinski definition) is 3. The van der Waals surface area contributed by atoms with E-state index >= 15 is 0 Å². The molecule has 6 nitrogen and oxygen atoms in total. The maximum atomic E-state index is 13.2. The van der Waals surface area contributed by atoms with Crippen molar-refractivity contribution in [3.05, 3.63) is 65.2 Å². The van der Waals surface area contributed by atoms with Gasteiger partial charge in [0.25, 0.3) is 5.91 Å². The number of nitrogens with zero attached hydrogens (tertiary/aromatic N) is 2. The van der Waals surface area contributed by atoms with Crippen LogP contribution in [0.3, 0.4) is 0 Å². The minimum Gasteiger partial charge on any atom is -0.319 e. The summed E-state index contributed by atoms with van der Waals surface area (Å²) >= 11 is 0. The number of nitrogens with one attached hydrogen (secondary N) is 1. The lowest BCUT2D eigenvalue weighted by Crippen LogP contribution is -2.44. The van der Waals surface area contributed by atoms with Crippen LogP contribution >= 0.6 is 0 Å². The van der Waals surface area contributed by atoms with Crippen LogP contribution < -0.4 is 10.2 Å². The van der Waals surface area contributed by atoms with Crippen molar-refractivity contribution in [3.8, 4) is 0 Å². The average molecular weight is 405 g/mol. The molecule has 0 aliphatic carbocycles. The largest absolute Gasteiger partial charge is 0.325 e. The van der Waals surface area contributed by atoms with E-state index in [0.29, 0.717) is 12.1 Å². The van der Waals surface area contributed by atoms with E-state index in [4.69, 9.17) is 0 Å². The van der Waals surface area contributed by atoms with Crippen LogP contribution in [-0.4, -0.2) is 35.8 Å². The van der Waals surface area contributed by atoms with Gasteiger partial charge in [0.2, 0.25) is 5.91 Å². The van der Waals surface area contributed by atoms with E-state index in [1.54, 1.807) is 11.8 Å². The number of carbonyl (C=O) groups excluding carboxylic acids is 3. The van der Waals surface area contributed by atoms with Gasteiger partial charge in [-0.05, 0) is 41.5 Å². The molecular formula is C24H27N3O3. The molecule has 0 aromatic heterocycles. The van der Waals surface area contributed by atoms with Crippen molar-refractivity contribution in [3.63, 3.8) is 0 Å². The van der Waals surface area contributed by atoms with Gasteiger partial charge in [0.1, 0.15) is 12.1 Å². The molecule has 2 aliphatic heterocycles. The van der Waals surface area contributed by atoms with E-state index in [1.807, 2.05) is 48.5 Å². The molecule has 1 fully saturated rings. The van der Waals surface area contributed by atoms with Gasteiger partial charge < -0.3 is 10.2 Å². The predicted octanol–water partition coefficient (Wildman–Crippen LogP) is 3.34. The lowest BCUT2D eigenvalue weighted by molar-refractivity contribution is -0.134. The summed E-state index contributed by atoms with van der Waals surface area (Å²) in [5, 5.41) is 2.79. The smallest absolute Gasteiger partial charge is 0.319 e. The van der Waals surface area contributed by atoms with Crippen LogP contribution in [0, 0.1) is 0 Å². The Hall–Kier alpha value is -3.15. The second-order valence-corrected chi connectivity index (χ2v) is 9.20. The number of amides is 4. The van der Waals surface area contributed by atoms with Crippen molar-refractivity contribution in [2.45, 2.75) is 45.1 Å². The van der Waals surface area contributed by atoms with Gasteiger partial charge in [0.15, 0.2) is 0 Å². The quantitative estimate of drug-likeness (QED) is 0.797. The summed E-state index contributed by atoms with van der Waals surface area (Å²) in [6.07, 6.45) is 0.778. The summed E-state index contributed by atoms with van der Waals surface area (Å²) in [5.74, 6) is -0.660. The number of imide groups is 1. The molecule has 1 saturated heterocycles. The van der Waals surface area contributed by atoms with E-state index in [-0.39, 0.29) is 17.9 Å². The molecule has 0 bridgehead atoms. The molecule has 1 unspecified atom stereocenters. The highest BCUT2D eigenvalue weighted by Gasteiger charge is 2.50. The van der Waals surface area contributed by atoms with E-state index < -0.39 is 17.5 Å². The van der Waals surface area contributed by atoms with Crippen LogP contribution in [0.2, 0.25) is 0 Å². The van der Waals surface area contributed by atoms with Gasteiger partial charge >= 0.3 is 6.03 Å². The minimum atomic E-state index is -1.18. The van der Waals surface area contributed by atoms with E-state index in [2.05, 4.69) is 26.1 Å². The summed E-state index contributed by atoms with van der Waals surface area (Å²) in [4.78, 5) is 41.4. The lowest BCUT2D eigenvalue weighted by atomic mass is 9.84. The van der Waals surface area contributed by atoms with Crippen molar-refractivity contribution >= 4 is 23.5 Å². The number of benzene rings is 2. The normalized spacial score (nSPS) is 21.1. The third-order valence-corrected chi connectivity index (χ3v) is 6.08. The molecule has 1 N–H and O–H groups in total. The SMILES string of the molecule is CC(C)(C)c1ccc(C2(C)NC(=O)N(CC(=O)N3CCc4ccccc43)C2=O)cc1. The highest BCUT2D eigenvalue weighted by Crippen LogP contribution is 2.32. The Labute approximate surface area is 176 Å². The third kappa shape index (κ3) is 3.26. The first-order chi connectivity index (χ1) is 14.1. The molecule has 4 amide bonds. The maximum Gasteiger partial charge on any atom is 0.325 e. The molecule has 0 saturated carbocycles. The summed E-state index contributed by atoms with van der Waals surface area (Å²) in [7, 11) is 0. The van der Waals surface area contributed by atoms with Crippen molar-refractivity contribution < 1.29 is 14.4 Å². The van der Waals surface area contributed by atoms with E-state index in [0.717, 1.165) is 28.1 Å². The second kappa shape index (κ2) is 6.97. The molecular weight excluding hydrogens is 378 g/mol. The third-order valence-electron chi connectivity index (χ3n) is 6.08. The van der Waals surface area contributed by atoms with Crippen molar-refractivity contribution in [2.24, 2.45) is 0 Å². The Morgan fingerprint density at radius 2 is 1.73 bits per heavy atom. The molecule has 30 heavy (non-hydrogen) atoms. The standard InChI is InChI=1S/C24H27N3O3/c1-23(2,3)17-9-11-18(12-10-17)24(4)21(29)27(22(30)25-24)15-20(28)26-14-13-16-7-5-6-8-19(16)26/h5-12H,13-15H2,1-4H3,(H,25,30). The first-order valence-electron chi connectivity index (χ1n) is 10.2. The molecule has 2 aromatic rings. The molecule has 6 heteroatoms. The van der Waals surface area contributed by atoms with E-state index in [9.17, 15) is 14.4 Å². The minimum absolute atomic E-state index is 0.00710. The molecule has 0 radical (unpaired) electrons. The Balaban J connectivity index is 1.53. The number of fused-ring (bicyclic) bond motifs is 1. The molecule has 2 aromatic carbocycles. The number of hydrogen-bond donors (Lipinski definition) is 1. The van der Waals surface area contributed by atoms with Crippen molar-refractivity contribution in [1.82, 2.24) is 10.2 Å². The van der Waals surface area contributed by atoms with Crippen LogP contribution in [0.15, 0.2) is 48.5 Å². The van der Waals surface area contributed by atoms with Gasteiger partial charge in [0, 0.05) is 12.2 Å². The number of carbonyl (C=O) groups is 3. The maximum absolute atomic E-state index is 13.2. The van der Waals surface area contributed by atoms with Crippen LogP contribution in [-0.2, 0) is 27.0 Å². The monoisotopic (exact) mass is 405 g/mol. The Morgan fingerprint density at radius 1 is 1.07 bits per heavy atom. The lowest BCUT2D eigenvalue weighted by Gasteiger charge is -2.25. The number of anilines is 1. The Kier molecular flexibility index (Phi) is 4.68. The Bertz CT molecular complexity index is 1020. The Morgan fingerprint density at radius 3 is 2.40 bits per heavy atom. The fraction of sp³-hybridized carbons (Fsp3) is 0.375. The molecule has 0 spiro atoms. The van der Waals surface area contributed by atoms with Crippen LogP contribution in [0.1, 0.15) is 44.4 Å². The van der Waals surface area contributed by atoms with Gasteiger partial charge in [-0.25, -0.2) is 4.79 Å². The zero-order chi connectivity index (χ0) is 21.7. The van der Waals surface area contributed by atoms with Crippen LogP contribution in [0.4, 0.5) is 10.5 Å². The summed E-state index contributed by atoms with van der Waals surface area (Å²) in [5.41, 5.74) is 2.62. The summed E-state index contributed by atoms with van der Waals surface area (Å²) < 4.78 is 0. The first-order valence-corrected chi connectivity index (χ1v) is 10.2. The van der Waals surface area contributed by atoms with Crippen molar-refractivity contribution in [2.75, 3.05) is 18.0 Å². The highest BCUT2D eigenvalue weighted by molar-refractivity contribution is 6.10. The molecule has 4 rings (SSSR count). The number of urea groups is 1. The van der Waals surface area contributed by atoms with Gasteiger partial charge in [-0.3, -0.25) is 14.5 Å². The number of para-hydroxylation sites is 1. The zero-order valence-electron chi connectivity index (χ0n) is 17.9. The van der Waals surface area contributed by atoms with Crippen molar-refractivity contribution in [1.29, 1.82) is 0 Å². The van der Waals surface area contributed by atoms with E-state index in [1.165, 1.54) is 0 Å². The molecule has 2 aliphatic rings. The fourth-order valence-corrected chi connectivity index (χ4v) is 4.16.